The Morgan fingerprint density at radius 3 is 3.05 bits per heavy atom. The van der Waals surface area contributed by atoms with Gasteiger partial charge in [-0.15, -0.1) is 5.10 Å². The maximum Gasteiger partial charge on any atom is 0.224 e. The number of nitrogens with zero attached hydrogens (tertiary/aromatic N) is 3. The molecule has 6 heteroatoms. The Balaban J connectivity index is 1.91. The van der Waals surface area contributed by atoms with Gasteiger partial charge < -0.3 is 15.0 Å². The molecule has 1 atom stereocenters. The maximum absolute atomic E-state index is 12.1. The highest BCUT2D eigenvalue weighted by Gasteiger charge is 2.26. The number of carbonyl (C=O) groups excluding carboxylic acids is 1. The standard InChI is InChI=1S/C14H22N4O2/c1-11-5-6-13(17-16-11)18-8-3-4-12(10-18)14(19)15-7-9-20-2/h5-6,12H,3-4,7-10H2,1-2H3,(H,15,19). The number of piperidine rings is 1. The second kappa shape index (κ2) is 7.19. The third-order valence-corrected chi connectivity index (χ3v) is 3.51. The van der Waals surface area contributed by atoms with E-state index in [-0.39, 0.29) is 11.8 Å². The van der Waals surface area contributed by atoms with Crippen LogP contribution in [0.3, 0.4) is 0 Å². The molecule has 1 aliphatic heterocycles. The molecular weight excluding hydrogens is 256 g/mol. The summed E-state index contributed by atoms with van der Waals surface area (Å²) in [4.78, 5) is 14.2. The number of rotatable bonds is 5. The third kappa shape index (κ3) is 3.90. The number of nitrogens with one attached hydrogen (secondary N) is 1. The van der Waals surface area contributed by atoms with E-state index in [2.05, 4.69) is 20.4 Å². The average Bonchev–Trinajstić information content (AvgIpc) is 2.48. The highest BCUT2D eigenvalue weighted by Crippen LogP contribution is 2.21. The summed E-state index contributed by atoms with van der Waals surface area (Å²) in [5, 5.41) is 11.2. The summed E-state index contributed by atoms with van der Waals surface area (Å²) >= 11 is 0. The smallest absolute Gasteiger partial charge is 0.224 e. The van der Waals surface area contributed by atoms with Crippen molar-refractivity contribution < 1.29 is 9.53 Å². The lowest BCUT2D eigenvalue weighted by atomic mass is 9.97. The van der Waals surface area contributed by atoms with Gasteiger partial charge in [0, 0.05) is 26.7 Å². The topological polar surface area (TPSA) is 67.3 Å². The van der Waals surface area contributed by atoms with E-state index in [4.69, 9.17) is 4.74 Å². The number of methoxy groups -OCH3 is 1. The molecule has 0 bridgehead atoms. The Hall–Kier alpha value is -1.69. The van der Waals surface area contributed by atoms with Crippen LogP contribution < -0.4 is 10.2 Å². The van der Waals surface area contributed by atoms with Crippen LogP contribution in [-0.2, 0) is 9.53 Å². The summed E-state index contributed by atoms with van der Waals surface area (Å²) in [5.74, 6) is 0.973. The van der Waals surface area contributed by atoms with Gasteiger partial charge in [0.1, 0.15) is 0 Å². The molecule has 0 spiro atoms. The normalized spacial score (nSPS) is 18.9. The summed E-state index contributed by atoms with van der Waals surface area (Å²) in [6, 6.07) is 3.91. The fourth-order valence-corrected chi connectivity index (χ4v) is 2.38. The van der Waals surface area contributed by atoms with Crippen molar-refractivity contribution in [1.29, 1.82) is 0 Å². The molecule has 0 saturated carbocycles. The van der Waals surface area contributed by atoms with E-state index in [1.54, 1.807) is 7.11 Å². The van der Waals surface area contributed by atoms with Crippen LogP contribution in [0.5, 0.6) is 0 Å². The molecule has 0 radical (unpaired) electrons. The molecule has 1 unspecified atom stereocenters. The van der Waals surface area contributed by atoms with Gasteiger partial charge in [0.15, 0.2) is 5.82 Å². The molecule has 1 aromatic heterocycles. The molecule has 20 heavy (non-hydrogen) atoms. The van der Waals surface area contributed by atoms with E-state index >= 15 is 0 Å². The number of carbonyl (C=O) groups is 1. The van der Waals surface area contributed by atoms with Crippen molar-refractivity contribution in [3.8, 4) is 0 Å². The Labute approximate surface area is 119 Å². The van der Waals surface area contributed by atoms with Crippen molar-refractivity contribution in [2.45, 2.75) is 19.8 Å². The Bertz CT molecular complexity index is 435. The summed E-state index contributed by atoms with van der Waals surface area (Å²) < 4.78 is 4.94. The summed E-state index contributed by atoms with van der Waals surface area (Å²) in [5.41, 5.74) is 0.902. The zero-order valence-corrected chi connectivity index (χ0v) is 12.1. The van der Waals surface area contributed by atoms with Gasteiger partial charge in [-0.2, -0.15) is 5.10 Å². The number of hydrogen-bond donors (Lipinski definition) is 1. The largest absolute Gasteiger partial charge is 0.383 e. The molecule has 1 saturated heterocycles. The van der Waals surface area contributed by atoms with Crippen LogP contribution in [0.25, 0.3) is 0 Å². The van der Waals surface area contributed by atoms with Crippen molar-refractivity contribution in [2.24, 2.45) is 5.92 Å². The van der Waals surface area contributed by atoms with Gasteiger partial charge in [-0.1, -0.05) is 0 Å². The third-order valence-electron chi connectivity index (χ3n) is 3.51. The van der Waals surface area contributed by atoms with Gasteiger partial charge in [0.2, 0.25) is 5.91 Å². The number of aryl methyl sites for hydroxylation is 1. The first-order valence-electron chi connectivity index (χ1n) is 7.02. The summed E-state index contributed by atoms with van der Waals surface area (Å²) in [7, 11) is 1.63. The van der Waals surface area contributed by atoms with E-state index < -0.39 is 0 Å². The van der Waals surface area contributed by atoms with Crippen LogP contribution in [0.4, 0.5) is 5.82 Å². The lowest BCUT2D eigenvalue weighted by Gasteiger charge is -2.32. The van der Waals surface area contributed by atoms with Crippen molar-refractivity contribution >= 4 is 11.7 Å². The van der Waals surface area contributed by atoms with Crippen LogP contribution in [0.15, 0.2) is 12.1 Å². The molecule has 1 aliphatic rings. The highest BCUT2D eigenvalue weighted by molar-refractivity contribution is 5.79. The van der Waals surface area contributed by atoms with Gasteiger partial charge in [0.05, 0.1) is 18.2 Å². The fraction of sp³-hybridized carbons (Fsp3) is 0.643. The monoisotopic (exact) mass is 278 g/mol. The first-order chi connectivity index (χ1) is 9.70. The Morgan fingerprint density at radius 2 is 2.35 bits per heavy atom. The van der Waals surface area contributed by atoms with Crippen LogP contribution in [0.2, 0.25) is 0 Å². The summed E-state index contributed by atoms with van der Waals surface area (Å²) in [6.45, 7) is 4.66. The molecule has 0 aromatic carbocycles. The minimum absolute atomic E-state index is 0.0173. The van der Waals surface area contributed by atoms with E-state index in [1.165, 1.54) is 0 Å². The molecule has 1 N–H and O–H groups in total. The van der Waals surface area contributed by atoms with Crippen molar-refractivity contribution in [3.05, 3.63) is 17.8 Å². The van der Waals surface area contributed by atoms with Crippen LogP contribution in [0.1, 0.15) is 18.5 Å². The van der Waals surface area contributed by atoms with E-state index in [1.807, 2.05) is 19.1 Å². The molecule has 110 valence electrons. The van der Waals surface area contributed by atoms with E-state index in [0.29, 0.717) is 19.7 Å². The number of hydrogen-bond acceptors (Lipinski definition) is 5. The van der Waals surface area contributed by atoms with E-state index in [9.17, 15) is 4.79 Å². The molecule has 2 rings (SSSR count). The Kier molecular flexibility index (Phi) is 5.29. The molecule has 1 fully saturated rings. The van der Waals surface area contributed by atoms with E-state index in [0.717, 1.165) is 30.9 Å². The molecule has 1 amide bonds. The zero-order chi connectivity index (χ0) is 14.4. The van der Waals surface area contributed by atoms with Crippen molar-refractivity contribution in [2.75, 3.05) is 38.3 Å². The lowest BCUT2D eigenvalue weighted by Crippen LogP contribution is -2.44. The van der Waals surface area contributed by atoms with Crippen LogP contribution in [-0.4, -0.2) is 49.5 Å². The molecule has 6 nitrogen and oxygen atoms in total. The first-order valence-corrected chi connectivity index (χ1v) is 7.02. The predicted molar refractivity (Wildman–Crippen MR) is 76.6 cm³/mol. The zero-order valence-electron chi connectivity index (χ0n) is 12.1. The maximum atomic E-state index is 12.1. The van der Waals surface area contributed by atoms with Gasteiger partial charge >= 0.3 is 0 Å². The first kappa shape index (κ1) is 14.7. The number of amides is 1. The minimum Gasteiger partial charge on any atom is -0.383 e. The molecule has 2 heterocycles. The van der Waals surface area contributed by atoms with Crippen molar-refractivity contribution in [3.63, 3.8) is 0 Å². The highest BCUT2D eigenvalue weighted by atomic mass is 16.5. The average molecular weight is 278 g/mol. The minimum atomic E-state index is 0.0173. The molecule has 0 aliphatic carbocycles. The Morgan fingerprint density at radius 1 is 1.50 bits per heavy atom. The fourth-order valence-electron chi connectivity index (χ4n) is 2.38. The molecular formula is C14H22N4O2. The second-order valence-corrected chi connectivity index (χ2v) is 5.10. The van der Waals surface area contributed by atoms with Crippen LogP contribution >= 0.6 is 0 Å². The molecule has 1 aromatic rings. The van der Waals surface area contributed by atoms with Gasteiger partial charge in [-0.25, -0.2) is 0 Å². The quantitative estimate of drug-likeness (QED) is 0.806. The van der Waals surface area contributed by atoms with Gasteiger partial charge in [0.25, 0.3) is 0 Å². The number of aromatic nitrogens is 2. The summed E-state index contributed by atoms with van der Waals surface area (Å²) in [6.07, 6.45) is 1.92. The van der Waals surface area contributed by atoms with Gasteiger partial charge in [-0.3, -0.25) is 4.79 Å². The SMILES string of the molecule is COCCNC(=O)C1CCCN(c2ccc(C)nn2)C1. The number of ether oxygens (including phenoxy) is 1. The lowest BCUT2D eigenvalue weighted by molar-refractivity contribution is -0.125. The number of anilines is 1. The van der Waals surface area contributed by atoms with Crippen molar-refractivity contribution in [1.82, 2.24) is 15.5 Å². The predicted octanol–water partition coefficient (Wildman–Crippen LogP) is 0.764. The van der Waals surface area contributed by atoms with Gasteiger partial charge in [-0.05, 0) is 31.9 Å². The van der Waals surface area contributed by atoms with Crippen LogP contribution in [0, 0.1) is 12.8 Å². The second-order valence-electron chi connectivity index (χ2n) is 5.10.